The Morgan fingerprint density at radius 3 is 2.21 bits per heavy atom. The van der Waals surface area contributed by atoms with Crippen LogP contribution < -0.4 is 0 Å². The summed E-state index contributed by atoms with van der Waals surface area (Å²) in [7, 11) is -3.56. The fourth-order valence-corrected chi connectivity index (χ4v) is 3.05. The van der Waals surface area contributed by atoms with Gasteiger partial charge in [0.15, 0.2) is 22.2 Å². The molecule has 0 amide bonds. The summed E-state index contributed by atoms with van der Waals surface area (Å²) in [6.45, 7) is 1.57. The number of ether oxygens (including phenoxy) is 1. The average Bonchev–Trinajstić information content (AvgIpc) is 2.58. The van der Waals surface area contributed by atoms with Crippen LogP contribution in [0.15, 0.2) is 53.4 Å². The number of carbonyl (C=O) groups excluding carboxylic acids is 2. The number of Topliss-reactive ketones (excluding diaryl/α,β-unsaturated/α-hetero) is 1. The lowest BCUT2D eigenvalue weighted by atomic mass is 10.1. The van der Waals surface area contributed by atoms with Crippen LogP contribution in [-0.4, -0.2) is 33.0 Å². The van der Waals surface area contributed by atoms with Gasteiger partial charge >= 0.3 is 5.97 Å². The van der Waals surface area contributed by atoms with Crippen molar-refractivity contribution < 1.29 is 22.7 Å². The van der Waals surface area contributed by atoms with Gasteiger partial charge in [-0.3, -0.25) is 4.79 Å². The number of carbonyl (C=O) groups is 2. The Balaban J connectivity index is 2.09. The predicted molar refractivity (Wildman–Crippen MR) is 90.0 cm³/mol. The molecule has 0 bridgehead atoms. The number of hydrogen-bond donors (Lipinski definition) is 0. The zero-order valence-electron chi connectivity index (χ0n) is 13.5. The Morgan fingerprint density at radius 2 is 1.62 bits per heavy atom. The van der Waals surface area contributed by atoms with Crippen molar-refractivity contribution in [3.63, 3.8) is 0 Å². The van der Waals surface area contributed by atoms with E-state index in [1.165, 1.54) is 24.3 Å². The van der Waals surface area contributed by atoms with Crippen LogP contribution in [0.3, 0.4) is 0 Å². The number of hydrogen-bond acceptors (Lipinski definition) is 5. The molecule has 0 aromatic heterocycles. The normalized spacial score (nSPS) is 11.1. The van der Waals surface area contributed by atoms with Gasteiger partial charge in [0.2, 0.25) is 0 Å². The molecule has 126 valence electrons. The van der Waals surface area contributed by atoms with Crippen LogP contribution in [-0.2, 0) is 21.0 Å². The number of rotatable bonds is 6. The first-order valence-corrected chi connectivity index (χ1v) is 9.30. The number of ketones is 1. The Hall–Kier alpha value is -2.47. The van der Waals surface area contributed by atoms with E-state index in [2.05, 4.69) is 0 Å². The van der Waals surface area contributed by atoms with Crippen LogP contribution in [0.5, 0.6) is 0 Å². The molecule has 0 heterocycles. The van der Waals surface area contributed by atoms with Crippen molar-refractivity contribution in [2.24, 2.45) is 0 Å². The summed E-state index contributed by atoms with van der Waals surface area (Å²) < 4.78 is 28.4. The molecule has 0 fully saturated rings. The lowest BCUT2D eigenvalue weighted by Gasteiger charge is -2.08. The van der Waals surface area contributed by atoms with E-state index in [1.54, 1.807) is 12.1 Å². The highest BCUT2D eigenvalue weighted by molar-refractivity contribution is 7.90. The van der Waals surface area contributed by atoms with E-state index >= 15 is 0 Å². The summed E-state index contributed by atoms with van der Waals surface area (Å²) in [6.07, 6.45) is 1.88. The second-order valence-corrected chi connectivity index (χ2v) is 7.30. The van der Waals surface area contributed by atoms with Gasteiger partial charge in [-0.05, 0) is 24.1 Å². The quantitative estimate of drug-likeness (QED) is 0.594. The second-order valence-electron chi connectivity index (χ2n) is 5.32. The number of benzene rings is 2. The SMILES string of the molecule is CCc1ccc(C(=O)COC(=O)c2ccccc2S(C)(=O)=O)cc1. The van der Waals surface area contributed by atoms with E-state index in [0.717, 1.165) is 18.2 Å². The van der Waals surface area contributed by atoms with Gasteiger partial charge in [-0.25, -0.2) is 13.2 Å². The summed E-state index contributed by atoms with van der Waals surface area (Å²) in [5, 5.41) is 0. The topological polar surface area (TPSA) is 77.5 Å². The van der Waals surface area contributed by atoms with Crippen LogP contribution >= 0.6 is 0 Å². The fourth-order valence-electron chi connectivity index (χ4n) is 2.18. The fraction of sp³-hybridized carbons (Fsp3) is 0.222. The summed E-state index contributed by atoms with van der Waals surface area (Å²) in [5.41, 5.74) is 1.47. The first-order chi connectivity index (χ1) is 11.3. The van der Waals surface area contributed by atoms with E-state index < -0.39 is 22.4 Å². The molecule has 0 aliphatic carbocycles. The molecule has 0 N–H and O–H groups in total. The first-order valence-electron chi connectivity index (χ1n) is 7.41. The molecule has 0 saturated heterocycles. The molecule has 2 rings (SSSR count). The molecule has 0 aliphatic heterocycles. The van der Waals surface area contributed by atoms with Crippen LogP contribution in [0.25, 0.3) is 0 Å². The smallest absolute Gasteiger partial charge is 0.339 e. The maximum absolute atomic E-state index is 12.1. The molecule has 0 saturated carbocycles. The summed E-state index contributed by atoms with van der Waals surface area (Å²) in [4.78, 5) is 24.1. The second kappa shape index (κ2) is 7.40. The molecular formula is C18H18O5S. The van der Waals surface area contributed by atoms with Gasteiger partial charge in [0.05, 0.1) is 10.5 Å². The van der Waals surface area contributed by atoms with Crippen molar-refractivity contribution in [3.05, 3.63) is 65.2 Å². The summed E-state index contributed by atoms with van der Waals surface area (Å²) in [6, 6.07) is 12.8. The third-order valence-electron chi connectivity index (χ3n) is 3.52. The van der Waals surface area contributed by atoms with Crippen LogP contribution in [0.2, 0.25) is 0 Å². The molecule has 5 nitrogen and oxygen atoms in total. The summed E-state index contributed by atoms with van der Waals surface area (Å²) >= 11 is 0. The van der Waals surface area contributed by atoms with E-state index in [4.69, 9.17) is 4.74 Å². The van der Waals surface area contributed by atoms with E-state index in [9.17, 15) is 18.0 Å². The van der Waals surface area contributed by atoms with Crippen molar-refractivity contribution in [1.82, 2.24) is 0 Å². The van der Waals surface area contributed by atoms with Crippen molar-refractivity contribution in [1.29, 1.82) is 0 Å². The van der Waals surface area contributed by atoms with Gasteiger partial charge in [0, 0.05) is 11.8 Å². The van der Waals surface area contributed by atoms with Gasteiger partial charge in [-0.15, -0.1) is 0 Å². The molecule has 0 atom stereocenters. The maximum atomic E-state index is 12.1. The first kappa shape index (κ1) is 17.9. The molecule has 0 radical (unpaired) electrons. The molecule has 0 unspecified atom stereocenters. The van der Waals surface area contributed by atoms with Crippen molar-refractivity contribution in [2.45, 2.75) is 18.2 Å². The third-order valence-corrected chi connectivity index (χ3v) is 4.68. The van der Waals surface area contributed by atoms with Gasteiger partial charge in [-0.1, -0.05) is 43.3 Å². The lowest BCUT2D eigenvalue weighted by molar-refractivity contribution is 0.0471. The standard InChI is InChI=1S/C18H18O5S/c1-3-13-8-10-14(11-9-13)16(19)12-23-18(20)15-6-4-5-7-17(15)24(2,21)22/h4-11H,3,12H2,1-2H3. The number of sulfone groups is 1. The van der Waals surface area contributed by atoms with Crippen molar-refractivity contribution in [3.8, 4) is 0 Å². The molecule has 6 heteroatoms. The highest BCUT2D eigenvalue weighted by atomic mass is 32.2. The predicted octanol–water partition coefficient (Wildman–Crippen LogP) is 2.69. The van der Waals surface area contributed by atoms with Crippen LogP contribution in [0, 0.1) is 0 Å². The Kier molecular flexibility index (Phi) is 5.51. The molecule has 2 aromatic rings. The van der Waals surface area contributed by atoms with E-state index in [0.29, 0.717) is 5.56 Å². The van der Waals surface area contributed by atoms with E-state index in [-0.39, 0.29) is 16.2 Å². The Labute approximate surface area is 141 Å². The monoisotopic (exact) mass is 346 g/mol. The zero-order valence-corrected chi connectivity index (χ0v) is 14.3. The van der Waals surface area contributed by atoms with Crippen molar-refractivity contribution >= 4 is 21.6 Å². The van der Waals surface area contributed by atoms with Crippen molar-refractivity contribution in [2.75, 3.05) is 12.9 Å². The van der Waals surface area contributed by atoms with Gasteiger partial charge in [-0.2, -0.15) is 0 Å². The Bertz CT molecular complexity index is 851. The largest absolute Gasteiger partial charge is 0.454 e. The minimum atomic E-state index is -3.56. The lowest BCUT2D eigenvalue weighted by Crippen LogP contribution is -2.16. The highest BCUT2D eigenvalue weighted by Gasteiger charge is 2.20. The number of esters is 1. The molecule has 2 aromatic carbocycles. The van der Waals surface area contributed by atoms with Crippen LogP contribution in [0.1, 0.15) is 33.2 Å². The van der Waals surface area contributed by atoms with E-state index in [1.807, 2.05) is 19.1 Å². The third kappa shape index (κ3) is 4.29. The van der Waals surface area contributed by atoms with Gasteiger partial charge in [0.1, 0.15) is 0 Å². The molecule has 24 heavy (non-hydrogen) atoms. The summed E-state index contributed by atoms with van der Waals surface area (Å²) in [5.74, 6) is -1.18. The highest BCUT2D eigenvalue weighted by Crippen LogP contribution is 2.16. The van der Waals surface area contributed by atoms with Crippen LogP contribution in [0.4, 0.5) is 0 Å². The molecule has 0 spiro atoms. The van der Waals surface area contributed by atoms with Gasteiger partial charge in [0.25, 0.3) is 0 Å². The van der Waals surface area contributed by atoms with Gasteiger partial charge < -0.3 is 4.74 Å². The Morgan fingerprint density at radius 1 is 1.00 bits per heavy atom. The molecular weight excluding hydrogens is 328 g/mol. The minimum Gasteiger partial charge on any atom is -0.454 e. The minimum absolute atomic E-state index is 0.0749. The zero-order chi connectivity index (χ0) is 17.7. The number of aryl methyl sites for hydroxylation is 1. The molecule has 0 aliphatic rings. The average molecular weight is 346 g/mol. The maximum Gasteiger partial charge on any atom is 0.339 e.